The molecule has 0 aliphatic heterocycles. The highest BCUT2D eigenvalue weighted by molar-refractivity contribution is 5.69. The molecular formula is C11H21NO3. The van der Waals surface area contributed by atoms with Crippen LogP contribution in [0.1, 0.15) is 32.1 Å². The molecule has 15 heavy (non-hydrogen) atoms. The average Bonchev–Trinajstić information content (AvgIpc) is 2.26. The Hall–Kier alpha value is -0.610. The first-order valence-corrected chi connectivity index (χ1v) is 5.63. The van der Waals surface area contributed by atoms with Gasteiger partial charge in [0.1, 0.15) is 6.10 Å². The first-order chi connectivity index (χ1) is 7.26. The Kier molecular flexibility index (Phi) is 5.65. The van der Waals surface area contributed by atoms with Gasteiger partial charge in [0.15, 0.2) is 0 Å². The van der Waals surface area contributed by atoms with E-state index in [0.29, 0.717) is 13.0 Å². The number of hydrogen-bond acceptors (Lipinski definition) is 4. The number of nitrogens with one attached hydrogen (secondary N) is 1. The summed E-state index contributed by atoms with van der Waals surface area (Å²) in [5, 5.41) is 2.93. The Bertz CT molecular complexity index is 196. The van der Waals surface area contributed by atoms with Crippen molar-refractivity contribution in [3.8, 4) is 0 Å². The molecule has 0 aromatic carbocycles. The lowest BCUT2D eigenvalue weighted by Crippen LogP contribution is -2.30. The molecule has 0 aromatic rings. The smallest absolute Gasteiger partial charge is 0.307 e. The van der Waals surface area contributed by atoms with Crippen molar-refractivity contribution >= 4 is 5.97 Å². The first kappa shape index (κ1) is 12.5. The van der Waals surface area contributed by atoms with E-state index in [1.165, 1.54) is 0 Å². The van der Waals surface area contributed by atoms with Crippen LogP contribution in [-0.2, 0) is 14.3 Å². The fraction of sp³-hybridized carbons (Fsp3) is 0.909. The summed E-state index contributed by atoms with van der Waals surface area (Å²) >= 11 is 0. The van der Waals surface area contributed by atoms with Gasteiger partial charge in [-0.3, -0.25) is 4.79 Å². The minimum absolute atomic E-state index is 0.0630. The number of rotatable bonds is 5. The molecule has 0 heterocycles. The SMILES string of the molecule is CNCCC(=O)OC1CCCC(OC)C1. The topological polar surface area (TPSA) is 47.6 Å². The predicted molar refractivity (Wildman–Crippen MR) is 57.7 cm³/mol. The summed E-state index contributed by atoms with van der Waals surface area (Å²) in [6, 6.07) is 0. The number of methoxy groups -OCH3 is 1. The number of esters is 1. The van der Waals surface area contributed by atoms with Crippen LogP contribution in [0.5, 0.6) is 0 Å². The summed E-state index contributed by atoms with van der Waals surface area (Å²) in [7, 11) is 3.55. The van der Waals surface area contributed by atoms with E-state index in [1.807, 2.05) is 7.05 Å². The van der Waals surface area contributed by atoms with Crippen LogP contribution < -0.4 is 5.32 Å². The summed E-state index contributed by atoms with van der Waals surface area (Å²) < 4.78 is 10.6. The fourth-order valence-electron chi connectivity index (χ4n) is 1.90. The average molecular weight is 215 g/mol. The van der Waals surface area contributed by atoms with Crippen molar-refractivity contribution in [3.63, 3.8) is 0 Å². The van der Waals surface area contributed by atoms with Crippen LogP contribution in [0.4, 0.5) is 0 Å². The van der Waals surface area contributed by atoms with Gasteiger partial charge in [-0.1, -0.05) is 0 Å². The summed E-state index contributed by atoms with van der Waals surface area (Å²) in [5.74, 6) is -0.105. The van der Waals surface area contributed by atoms with Gasteiger partial charge in [-0.05, 0) is 26.3 Å². The molecule has 1 saturated carbocycles. The second kappa shape index (κ2) is 6.80. The van der Waals surface area contributed by atoms with Crippen molar-refractivity contribution in [2.75, 3.05) is 20.7 Å². The monoisotopic (exact) mass is 215 g/mol. The maximum Gasteiger partial charge on any atom is 0.307 e. The highest BCUT2D eigenvalue weighted by Gasteiger charge is 2.24. The van der Waals surface area contributed by atoms with Gasteiger partial charge in [-0.25, -0.2) is 0 Å². The van der Waals surface area contributed by atoms with E-state index in [0.717, 1.165) is 25.7 Å². The first-order valence-electron chi connectivity index (χ1n) is 5.63. The minimum atomic E-state index is -0.105. The zero-order chi connectivity index (χ0) is 11.1. The molecule has 0 amide bonds. The normalized spacial score (nSPS) is 26.3. The van der Waals surface area contributed by atoms with E-state index < -0.39 is 0 Å². The number of hydrogen-bond donors (Lipinski definition) is 1. The zero-order valence-electron chi connectivity index (χ0n) is 9.62. The van der Waals surface area contributed by atoms with Gasteiger partial charge in [0.25, 0.3) is 0 Å². The van der Waals surface area contributed by atoms with Gasteiger partial charge in [0.05, 0.1) is 12.5 Å². The largest absolute Gasteiger partial charge is 0.462 e. The molecule has 1 rings (SSSR count). The molecule has 88 valence electrons. The second-order valence-electron chi connectivity index (χ2n) is 3.99. The summed E-state index contributed by atoms with van der Waals surface area (Å²) in [4.78, 5) is 11.4. The van der Waals surface area contributed by atoms with Gasteiger partial charge in [-0.2, -0.15) is 0 Å². The van der Waals surface area contributed by atoms with Crippen molar-refractivity contribution in [2.24, 2.45) is 0 Å². The molecule has 0 aromatic heterocycles. The Morgan fingerprint density at radius 3 is 2.80 bits per heavy atom. The molecule has 2 unspecified atom stereocenters. The maximum absolute atomic E-state index is 11.4. The third kappa shape index (κ3) is 4.62. The quantitative estimate of drug-likeness (QED) is 0.698. The van der Waals surface area contributed by atoms with Crippen molar-refractivity contribution in [3.05, 3.63) is 0 Å². The van der Waals surface area contributed by atoms with Crippen LogP contribution in [0.2, 0.25) is 0 Å². The fourth-order valence-corrected chi connectivity index (χ4v) is 1.90. The van der Waals surface area contributed by atoms with E-state index in [1.54, 1.807) is 7.11 Å². The van der Waals surface area contributed by atoms with Crippen LogP contribution in [0.25, 0.3) is 0 Å². The van der Waals surface area contributed by atoms with Crippen LogP contribution in [0, 0.1) is 0 Å². The molecule has 0 bridgehead atoms. The molecule has 1 N–H and O–H groups in total. The van der Waals surface area contributed by atoms with Gasteiger partial charge in [-0.15, -0.1) is 0 Å². The number of carbonyl (C=O) groups excluding carboxylic acids is 1. The van der Waals surface area contributed by atoms with Crippen molar-refractivity contribution < 1.29 is 14.3 Å². The molecule has 4 nitrogen and oxygen atoms in total. The molecule has 2 atom stereocenters. The number of ether oxygens (including phenoxy) is 2. The van der Waals surface area contributed by atoms with Crippen LogP contribution in [-0.4, -0.2) is 38.9 Å². The van der Waals surface area contributed by atoms with Gasteiger partial charge in [0, 0.05) is 20.1 Å². The molecule has 1 aliphatic carbocycles. The van der Waals surface area contributed by atoms with Crippen LogP contribution >= 0.6 is 0 Å². The van der Waals surface area contributed by atoms with Gasteiger partial charge >= 0.3 is 5.97 Å². The Balaban J connectivity index is 2.22. The summed E-state index contributed by atoms with van der Waals surface area (Å²) in [5.41, 5.74) is 0. The zero-order valence-corrected chi connectivity index (χ0v) is 9.62. The molecule has 0 spiro atoms. The molecule has 0 radical (unpaired) electrons. The van der Waals surface area contributed by atoms with E-state index >= 15 is 0 Å². The second-order valence-corrected chi connectivity index (χ2v) is 3.99. The highest BCUT2D eigenvalue weighted by Crippen LogP contribution is 2.23. The minimum Gasteiger partial charge on any atom is -0.462 e. The van der Waals surface area contributed by atoms with E-state index in [4.69, 9.17) is 9.47 Å². The lowest BCUT2D eigenvalue weighted by Gasteiger charge is -2.27. The Labute approximate surface area is 91.3 Å². The summed E-state index contributed by atoms with van der Waals surface area (Å²) in [6.45, 7) is 0.680. The van der Waals surface area contributed by atoms with E-state index in [2.05, 4.69) is 5.32 Å². The van der Waals surface area contributed by atoms with E-state index in [-0.39, 0.29) is 18.2 Å². The molecule has 1 fully saturated rings. The Morgan fingerprint density at radius 2 is 2.13 bits per heavy atom. The molecular weight excluding hydrogens is 194 g/mol. The van der Waals surface area contributed by atoms with Crippen molar-refractivity contribution in [1.82, 2.24) is 5.32 Å². The van der Waals surface area contributed by atoms with Crippen LogP contribution in [0.3, 0.4) is 0 Å². The van der Waals surface area contributed by atoms with E-state index in [9.17, 15) is 4.79 Å². The molecule has 0 saturated heterocycles. The van der Waals surface area contributed by atoms with Crippen molar-refractivity contribution in [1.29, 1.82) is 0 Å². The Morgan fingerprint density at radius 1 is 1.40 bits per heavy atom. The highest BCUT2D eigenvalue weighted by atomic mass is 16.5. The number of carbonyl (C=O) groups is 1. The summed E-state index contributed by atoms with van der Waals surface area (Å²) in [6.07, 6.45) is 4.77. The van der Waals surface area contributed by atoms with Gasteiger partial charge < -0.3 is 14.8 Å². The van der Waals surface area contributed by atoms with Crippen molar-refractivity contribution in [2.45, 2.75) is 44.3 Å². The van der Waals surface area contributed by atoms with Gasteiger partial charge in [0.2, 0.25) is 0 Å². The molecule has 1 aliphatic rings. The maximum atomic E-state index is 11.4. The standard InChI is InChI=1S/C11H21NO3/c1-12-7-6-11(13)15-10-5-3-4-9(8-10)14-2/h9-10,12H,3-8H2,1-2H3. The third-order valence-corrected chi connectivity index (χ3v) is 2.79. The third-order valence-electron chi connectivity index (χ3n) is 2.79. The lowest BCUT2D eigenvalue weighted by molar-refractivity contribution is -0.152. The molecule has 4 heteroatoms. The lowest BCUT2D eigenvalue weighted by atomic mass is 9.95. The van der Waals surface area contributed by atoms with Crippen LogP contribution in [0.15, 0.2) is 0 Å². The predicted octanol–water partition coefficient (Wildman–Crippen LogP) is 1.10.